The van der Waals surface area contributed by atoms with Crippen LogP contribution >= 0.6 is 11.6 Å². The van der Waals surface area contributed by atoms with E-state index in [0.717, 1.165) is 44.6 Å². The number of nitrogens with zero attached hydrogens (tertiary/aromatic N) is 1. The Morgan fingerprint density at radius 1 is 1.27 bits per heavy atom. The highest BCUT2D eigenvalue weighted by atomic mass is 35.5. The van der Waals surface area contributed by atoms with Crippen molar-refractivity contribution in [3.8, 4) is 11.5 Å². The Labute approximate surface area is 138 Å². The van der Waals surface area contributed by atoms with E-state index < -0.39 is 0 Å². The highest BCUT2D eigenvalue weighted by molar-refractivity contribution is 6.32. The van der Waals surface area contributed by atoms with E-state index in [1.807, 2.05) is 12.1 Å². The van der Waals surface area contributed by atoms with Crippen molar-refractivity contribution < 1.29 is 9.84 Å². The number of phenolic OH excluding ortho intramolecular Hbond substituents is 1. The predicted molar refractivity (Wildman–Crippen MR) is 90.9 cm³/mol. The minimum absolute atomic E-state index is 0.0239. The van der Waals surface area contributed by atoms with Crippen LogP contribution < -0.4 is 10.1 Å². The van der Waals surface area contributed by atoms with Crippen LogP contribution in [0.3, 0.4) is 0 Å². The van der Waals surface area contributed by atoms with Gasteiger partial charge in [-0.15, -0.1) is 0 Å². The molecule has 1 saturated heterocycles. The smallest absolute Gasteiger partial charge is 0.176 e. The highest BCUT2D eigenvalue weighted by Gasteiger charge is 2.24. The summed E-state index contributed by atoms with van der Waals surface area (Å²) in [6, 6.07) is 4.12. The maximum Gasteiger partial charge on any atom is 0.176 e. The third-order valence-corrected chi connectivity index (χ3v) is 4.55. The fourth-order valence-electron chi connectivity index (χ4n) is 2.99. The normalized spacial score (nSPS) is 17.7. The highest BCUT2D eigenvalue weighted by Crippen LogP contribution is 2.39. The Hall–Kier alpha value is -0.970. The predicted octanol–water partition coefficient (Wildman–Crippen LogP) is 3.44. The van der Waals surface area contributed by atoms with E-state index in [0.29, 0.717) is 22.7 Å². The van der Waals surface area contributed by atoms with Gasteiger partial charge in [-0.05, 0) is 36.5 Å². The largest absolute Gasteiger partial charge is 0.503 e. The van der Waals surface area contributed by atoms with Crippen LogP contribution in [-0.4, -0.2) is 43.3 Å². The molecule has 2 rings (SSSR count). The third kappa shape index (κ3) is 4.28. The lowest BCUT2D eigenvalue weighted by Gasteiger charge is -2.36. The molecular weight excluding hydrogens is 300 g/mol. The van der Waals surface area contributed by atoms with Gasteiger partial charge in [0.05, 0.1) is 12.1 Å². The van der Waals surface area contributed by atoms with Gasteiger partial charge >= 0.3 is 0 Å². The van der Waals surface area contributed by atoms with Crippen molar-refractivity contribution in [2.45, 2.75) is 32.7 Å². The van der Waals surface area contributed by atoms with Gasteiger partial charge in [0, 0.05) is 32.2 Å². The second kappa shape index (κ2) is 8.04. The van der Waals surface area contributed by atoms with E-state index in [4.69, 9.17) is 16.3 Å². The van der Waals surface area contributed by atoms with E-state index >= 15 is 0 Å². The molecule has 1 aliphatic rings. The molecule has 0 spiro atoms. The summed E-state index contributed by atoms with van der Waals surface area (Å²) in [5, 5.41) is 13.7. The summed E-state index contributed by atoms with van der Waals surface area (Å²) in [5.74, 6) is 1.14. The lowest BCUT2D eigenvalue weighted by Crippen LogP contribution is -2.45. The summed E-state index contributed by atoms with van der Waals surface area (Å²) in [6.07, 6.45) is 2.25. The van der Waals surface area contributed by atoms with E-state index in [2.05, 4.69) is 24.1 Å². The van der Waals surface area contributed by atoms with Crippen LogP contribution in [0.15, 0.2) is 12.1 Å². The van der Waals surface area contributed by atoms with Crippen LogP contribution in [-0.2, 0) is 0 Å². The Balaban J connectivity index is 2.28. The van der Waals surface area contributed by atoms with E-state index in [1.165, 1.54) is 0 Å². The standard InChI is InChI=1S/C17H27ClN2O2/c1-12(2)4-5-15(20-8-6-19-7-9-20)13-10-14(18)17(21)16(11-13)22-3/h10-12,15,19,21H,4-9H2,1-3H3/t15-/m1/s1. The summed E-state index contributed by atoms with van der Waals surface area (Å²) in [6.45, 7) is 8.59. The van der Waals surface area contributed by atoms with Crippen LogP contribution in [0.5, 0.6) is 11.5 Å². The molecule has 4 nitrogen and oxygen atoms in total. The molecule has 1 heterocycles. The number of hydrogen-bond acceptors (Lipinski definition) is 4. The molecule has 124 valence electrons. The van der Waals surface area contributed by atoms with Crippen LogP contribution in [0, 0.1) is 5.92 Å². The van der Waals surface area contributed by atoms with Gasteiger partial charge in [-0.2, -0.15) is 0 Å². The number of halogens is 1. The number of nitrogens with one attached hydrogen (secondary N) is 1. The van der Waals surface area contributed by atoms with Gasteiger partial charge in [-0.25, -0.2) is 0 Å². The van der Waals surface area contributed by atoms with Crippen LogP contribution in [0.2, 0.25) is 5.02 Å². The van der Waals surface area contributed by atoms with Gasteiger partial charge in [-0.3, -0.25) is 4.90 Å². The van der Waals surface area contributed by atoms with Gasteiger partial charge in [0.1, 0.15) is 0 Å². The number of phenols is 1. The summed E-state index contributed by atoms with van der Waals surface area (Å²) in [4.78, 5) is 2.50. The minimum atomic E-state index is 0.0239. The Kier molecular flexibility index (Phi) is 6.36. The summed E-state index contributed by atoms with van der Waals surface area (Å²) in [5.41, 5.74) is 1.13. The molecule has 1 aliphatic heterocycles. The van der Waals surface area contributed by atoms with Crippen molar-refractivity contribution in [1.29, 1.82) is 0 Å². The lowest BCUT2D eigenvalue weighted by molar-refractivity contribution is 0.159. The van der Waals surface area contributed by atoms with Crippen molar-refractivity contribution in [3.63, 3.8) is 0 Å². The number of rotatable bonds is 6. The second-order valence-electron chi connectivity index (χ2n) is 6.33. The van der Waals surface area contributed by atoms with Crippen LogP contribution in [0.1, 0.15) is 38.3 Å². The molecule has 5 heteroatoms. The van der Waals surface area contributed by atoms with Crippen molar-refractivity contribution in [2.24, 2.45) is 5.92 Å². The molecule has 0 unspecified atom stereocenters. The molecule has 22 heavy (non-hydrogen) atoms. The maximum absolute atomic E-state index is 9.95. The fourth-order valence-corrected chi connectivity index (χ4v) is 3.21. The molecule has 0 aromatic heterocycles. The molecule has 0 radical (unpaired) electrons. The van der Waals surface area contributed by atoms with Gasteiger partial charge in [0.15, 0.2) is 11.5 Å². The maximum atomic E-state index is 9.95. The number of aromatic hydroxyl groups is 1. The van der Waals surface area contributed by atoms with Crippen molar-refractivity contribution >= 4 is 11.6 Å². The van der Waals surface area contributed by atoms with E-state index in [1.54, 1.807) is 7.11 Å². The molecule has 1 aromatic carbocycles. The SMILES string of the molecule is COc1cc([C@@H](CCC(C)C)N2CCNCC2)cc(Cl)c1O. The number of piperazine rings is 1. The van der Waals surface area contributed by atoms with Gasteiger partial charge in [-0.1, -0.05) is 25.4 Å². The van der Waals surface area contributed by atoms with Crippen LogP contribution in [0.25, 0.3) is 0 Å². The molecule has 1 aromatic rings. The lowest BCUT2D eigenvalue weighted by atomic mass is 9.95. The minimum Gasteiger partial charge on any atom is -0.503 e. The molecule has 0 amide bonds. The zero-order valence-electron chi connectivity index (χ0n) is 13.7. The van der Waals surface area contributed by atoms with Gasteiger partial charge in [0.2, 0.25) is 0 Å². The number of benzene rings is 1. The number of ether oxygens (including phenoxy) is 1. The van der Waals surface area contributed by atoms with Crippen LogP contribution in [0.4, 0.5) is 0 Å². The zero-order valence-corrected chi connectivity index (χ0v) is 14.5. The Morgan fingerprint density at radius 2 is 1.95 bits per heavy atom. The summed E-state index contributed by atoms with van der Waals surface area (Å²) < 4.78 is 5.26. The Bertz CT molecular complexity index is 488. The van der Waals surface area contributed by atoms with Crippen molar-refractivity contribution in [3.05, 3.63) is 22.7 Å². The average molecular weight is 327 g/mol. The fraction of sp³-hybridized carbons (Fsp3) is 0.647. The molecule has 1 atom stereocenters. The van der Waals surface area contributed by atoms with Gasteiger partial charge < -0.3 is 15.2 Å². The first kappa shape index (κ1) is 17.4. The quantitative estimate of drug-likeness (QED) is 0.840. The van der Waals surface area contributed by atoms with Crippen molar-refractivity contribution in [1.82, 2.24) is 10.2 Å². The second-order valence-corrected chi connectivity index (χ2v) is 6.73. The summed E-state index contributed by atoms with van der Waals surface area (Å²) >= 11 is 6.18. The van der Waals surface area contributed by atoms with E-state index in [-0.39, 0.29) is 5.75 Å². The first-order valence-corrected chi connectivity index (χ1v) is 8.42. The van der Waals surface area contributed by atoms with Gasteiger partial charge in [0.25, 0.3) is 0 Å². The first-order valence-electron chi connectivity index (χ1n) is 8.04. The monoisotopic (exact) mass is 326 g/mol. The molecular formula is C17H27ClN2O2. The zero-order chi connectivity index (χ0) is 16.1. The summed E-state index contributed by atoms with van der Waals surface area (Å²) in [7, 11) is 1.56. The van der Waals surface area contributed by atoms with Crippen molar-refractivity contribution in [2.75, 3.05) is 33.3 Å². The third-order valence-electron chi connectivity index (χ3n) is 4.27. The molecule has 0 bridgehead atoms. The number of hydrogen-bond donors (Lipinski definition) is 2. The topological polar surface area (TPSA) is 44.7 Å². The molecule has 0 aliphatic carbocycles. The average Bonchev–Trinajstić information content (AvgIpc) is 2.51. The first-order chi connectivity index (χ1) is 10.5. The molecule has 1 fully saturated rings. The molecule has 2 N–H and O–H groups in total. The number of methoxy groups -OCH3 is 1. The Morgan fingerprint density at radius 3 is 2.55 bits per heavy atom. The molecule has 0 saturated carbocycles. The van der Waals surface area contributed by atoms with E-state index in [9.17, 15) is 5.11 Å².